The third-order valence-electron chi connectivity index (χ3n) is 4.07. The largest absolute Gasteiger partial charge is 0.481 e. The first-order chi connectivity index (χ1) is 13.6. The quantitative estimate of drug-likeness (QED) is 0.173. The molecule has 7 N–H and O–H groups in total. The lowest BCUT2D eigenvalue weighted by Gasteiger charge is -2.21. The van der Waals surface area contributed by atoms with Gasteiger partial charge in [-0.1, -0.05) is 6.92 Å². The van der Waals surface area contributed by atoms with Gasteiger partial charge in [0, 0.05) is 12.8 Å². The van der Waals surface area contributed by atoms with Crippen LogP contribution in [0, 0.1) is 0 Å². The second-order valence-electron chi connectivity index (χ2n) is 6.62. The van der Waals surface area contributed by atoms with E-state index in [1.807, 2.05) is 0 Å². The summed E-state index contributed by atoms with van der Waals surface area (Å²) < 4.78 is 0. The van der Waals surface area contributed by atoms with Crippen molar-refractivity contribution in [3.63, 3.8) is 0 Å². The van der Waals surface area contributed by atoms with Crippen molar-refractivity contribution < 1.29 is 34.2 Å². The Kier molecular flexibility index (Phi) is 13.2. The van der Waals surface area contributed by atoms with Crippen molar-refractivity contribution in [2.45, 2.75) is 70.6 Å². The first kappa shape index (κ1) is 26.5. The average molecular weight is 416 g/mol. The summed E-state index contributed by atoms with van der Waals surface area (Å²) in [5.74, 6) is -3.38. The summed E-state index contributed by atoms with van der Waals surface area (Å²) in [4.78, 5) is 58.5. The van der Waals surface area contributed by atoms with Crippen molar-refractivity contribution in [1.29, 1.82) is 0 Å². The number of hydrogen-bond donors (Lipinski definition) is 6. The van der Waals surface area contributed by atoms with E-state index in [9.17, 15) is 29.1 Å². The smallest absolute Gasteiger partial charge is 0.303 e. The van der Waals surface area contributed by atoms with E-state index in [1.165, 1.54) is 6.92 Å². The second kappa shape index (κ2) is 14.5. The minimum absolute atomic E-state index is 0.204. The van der Waals surface area contributed by atoms with Crippen molar-refractivity contribution in [3.8, 4) is 0 Å². The van der Waals surface area contributed by atoms with Crippen LogP contribution in [0.15, 0.2) is 0 Å². The molecular formula is C18H32N4O7. The van der Waals surface area contributed by atoms with E-state index in [4.69, 9.17) is 10.8 Å². The zero-order valence-corrected chi connectivity index (χ0v) is 16.9. The minimum atomic E-state index is -1.28. The minimum Gasteiger partial charge on any atom is -0.481 e. The molecule has 0 unspecified atom stereocenters. The van der Waals surface area contributed by atoms with Crippen LogP contribution < -0.4 is 21.7 Å². The maximum absolute atomic E-state index is 12.3. The number of amides is 3. The molecule has 166 valence electrons. The molecule has 0 saturated carbocycles. The number of aliphatic hydroxyl groups excluding tert-OH is 1. The Morgan fingerprint density at radius 1 is 1.00 bits per heavy atom. The van der Waals surface area contributed by atoms with E-state index < -0.39 is 54.7 Å². The van der Waals surface area contributed by atoms with Gasteiger partial charge in [0.2, 0.25) is 17.7 Å². The van der Waals surface area contributed by atoms with Crippen molar-refractivity contribution in [3.05, 3.63) is 0 Å². The highest BCUT2D eigenvalue weighted by atomic mass is 16.4. The van der Waals surface area contributed by atoms with Crippen LogP contribution in [0.1, 0.15) is 52.4 Å². The molecule has 11 nitrogen and oxygen atoms in total. The molecule has 11 heteroatoms. The Morgan fingerprint density at radius 2 is 1.66 bits per heavy atom. The zero-order chi connectivity index (χ0) is 22.4. The monoisotopic (exact) mass is 416 g/mol. The summed E-state index contributed by atoms with van der Waals surface area (Å²) in [7, 11) is 0. The van der Waals surface area contributed by atoms with E-state index in [1.54, 1.807) is 6.92 Å². The van der Waals surface area contributed by atoms with Gasteiger partial charge in [0.1, 0.15) is 12.1 Å². The van der Waals surface area contributed by atoms with E-state index in [2.05, 4.69) is 16.0 Å². The van der Waals surface area contributed by atoms with E-state index in [0.717, 1.165) is 0 Å². The van der Waals surface area contributed by atoms with Crippen LogP contribution in [-0.4, -0.2) is 71.0 Å². The molecule has 0 saturated heterocycles. The Morgan fingerprint density at radius 3 is 2.17 bits per heavy atom. The Balaban J connectivity index is 4.73. The van der Waals surface area contributed by atoms with Gasteiger partial charge in [-0.15, -0.1) is 0 Å². The van der Waals surface area contributed by atoms with E-state index in [0.29, 0.717) is 25.8 Å². The molecule has 3 amide bonds. The predicted octanol–water partition coefficient (Wildman–Crippen LogP) is -1.57. The van der Waals surface area contributed by atoms with Crippen LogP contribution in [0.25, 0.3) is 0 Å². The molecule has 0 aromatic heterocycles. The molecule has 29 heavy (non-hydrogen) atoms. The van der Waals surface area contributed by atoms with Gasteiger partial charge in [-0.25, -0.2) is 0 Å². The number of ketones is 1. The predicted molar refractivity (Wildman–Crippen MR) is 104 cm³/mol. The number of rotatable bonds is 15. The highest BCUT2D eigenvalue weighted by Gasteiger charge is 2.26. The topological polar surface area (TPSA) is 188 Å². The Bertz CT molecular complexity index is 581. The molecule has 0 aromatic carbocycles. The number of Topliss-reactive ketones (excluding diaryl/α,β-unsaturated/α-hetero) is 1. The van der Waals surface area contributed by atoms with Crippen LogP contribution in [-0.2, 0) is 24.0 Å². The van der Waals surface area contributed by atoms with Crippen LogP contribution in [0.5, 0.6) is 0 Å². The maximum atomic E-state index is 12.3. The number of nitrogens with two attached hydrogens (primary N) is 1. The van der Waals surface area contributed by atoms with Gasteiger partial charge in [-0.05, 0) is 32.7 Å². The highest BCUT2D eigenvalue weighted by molar-refractivity contribution is 5.93. The molecule has 0 spiro atoms. The number of unbranched alkanes of at least 4 members (excludes halogenated alkanes) is 1. The number of aliphatic hydroxyl groups is 1. The third kappa shape index (κ3) is 11.8. The van der Waals surface area contributed by atoms with Gasteiger partial charge in [-0.2, -0.15) is 0 Å². The SMILES string of the molecule is CCC(=O)N[C@@H](CCCCN)C(=O)NCC(=O)N[C@H](C(=O)CCC(=O)O)[C@@H](C)O. The van der Waals surface area contributed by atoms with Crippen LogP contribution in [0.2, 0.25) is 0 Å². The lowest BCUT2D eigenvalue weighted by atomic mass is 10.0. The van der Waals surface area contributed by atoms with Crippen molar-refractivity contribution in [2.24, 2.45) is 5.73 Å². The number of carboxylic acids is 1. The number of nitrogens with one attached hydrogen (secondary N) is 3. The van der Waals surface area contributed by atoms with E-state index in [-0.39, 0.29) is 18.7 Å². The van der Waals surface area contributed by atoms with Gasteiger partial charge in [0.15, 0.2) is 5.78 Å². The molecule has 0 fully saturated rings. The number of carbonyl (C=O) groups excluding carboxylic acids is 4. The standard InChI is InChI=1S/C18H32N4O7/c1-3-14(25)21-12(6-4-5-9-19)18(29)20-10-15(26)22-17(11(2)23)13(24)7-8-16(27)28/h11-12,17,23H,3-10,19H2,1-2H3,(H,20,29)(H,21,25)(H,22,26)(H,27,28)/t11-,12+,17+/m1/s1. The number of carboxylic acid groups (broad SMARTS) is 1. The van der Waals surface area contributed by atoms with Gasteiger partial charge in [-0.3, -0.25) is 24.0 Å². The third-order valence-corrected chi connectivity index (χ3v) is 4.07. The number of hydrogen-bond acceptors (Lipinski definition) is 7. The molecule has 0 heterocycles. The van der Waals surface area contributed by atoms with Gasteiger partial charge in [0.25, 0.3) is 0 Å². The van der Waals surface area contributed by atoms with Crippen molar-refractivity contribution in [2.75, 3.05) is 13.1 Å². The fourth-order valence-electron chi connectivity index (χ4n) is 2.43. The molecule has 0 aliphatic rings. The van der Waals surface area contributed by atoms with Gasteiger partial charge >= 0.3 is 5.97 Å². The van der Waals surface area contributed by atoms with Gasteiger partial charge in [0.05, 0.1) is 19.1 Å². The highest BCUT2D eigenvalue weighted by Crippen LogP contribution is 2.03. The normalized spacial score (nSPS) is 13.7. The first-order valence-electron chi connectivity index (χ1n) is 9.61. The lowest BCUT2D eigenvalue weighted by molar-refractivity contribution is -0.139. The van der Waals surface area contributed by atoms with Crippen molar-refractivity contribution >= 4 is 29.5 Å². The molecular weight excluding hydrogens is 384 g/mol. The summed E-state index contributed by atoms with van der Waals surface area (Å²) >= 11 is 0. The second-order valence-corrected chi connectivity index (χ2v) is 6.62. The summed E-state index contributed by atoms with van der Waals surface area (Å²) in [6.45, 7) is 2.92. The number of aliphatic carboxylic acids is 1. The molecule has 0 aliphatic carbocycles. The van der Waals surface area contributed by atoms with Gasteiger partial charge < -0.3 is 31.9 Å². The van der Waals surface area contributed by atoms with Crippen LogP contribution in [0.3, 0.4) is 0 Å². The molecule has 0 rings (SSSR count). The fourth-order valence-corrected chi connectivity index (χ4v) is 2.43. The number of carbonyl (C=O) groups is 5. The maximum Gasteiger partial charge on any atom is 0.303 e. The van der Waals surface area contributed by atoms with Crippen molar-refractivity contribution in [1.82, 2.24) is 16.0 Å². The Labute approximate surface area is 169 Å². The fraction of sp³-hybridized carbons (Fsp3) is 0.722. The summed E-state index contributed by atoms with van der Waals surface area (Å²) in [5.41, 5.74) is 5.43. The average Bonchev–Trinajstić information content (AvgIpc) is 2.67. The molecule has 0 radical (unpaired) electrons. The van der Waals surface area contributed by atoms with Crippen LogP contribution >= 0.6 is 0 Å². The first-order valence-corrected chi connectivity index (χ1v) is 9.61. The lowest BCUT2D eigenvalue weighted by Crippen LogP contribution is -2.53. The summed E-state index contributed by atoms with van der Waals surface area (Å²) in [6, 6.07) is -2.09. The molecule has 0 bridgehead atoms. The summed E-state index contributed by atoms with van der Waals surface area (Å²) in [5, 5.41) is 25.6. The molecule has 0 aliphatic heterocycles. The van der Waals surface area contributed by atoms with E-state index >= 15 is 0 Å². The Hall–Kier alpha value is -2.53. The summed E-state index contributed by atoms with van der Waals surface area (Å²) in [6.07, 6.45) is -0.132. The van der Waals surface area contributed by atoms with Crippen LogP contribution in [0.4, 0.5) is 0 Å². The molecule has 0 aromatic rings. The molecule has 3 atom stereocenters. The zero-order valence-electron chi connectivity index (χ0n) is 16.9.